The number of carboxylic acids is 1. The predicted molar refractivity (Wildman–Crippen MR) is 68.9 cm³/mol. The minimum Gasteiger partial charge on any atom is -0.481 e. The molecule has 0 bridgehead atoms. The van der Waals surface area contributed by atoms with Gasteiger partial charge < -0.3 is 15.4 Å². The quantitative estimate of drug-likeness (QED) is 0.715. The zero-order chi connectivity index (χ0) is 13.7. The summed E-state index contributed by atoms with van der Waals surface area (Å²) >= 11 is 0. The van der Waals surface area contributed by atoms with Crippen LogP contribution in [-0.2, 0) is 4.79 Å². The van der Waals surface area contributed by atoms with Gasteiger partial charge in [0, 0.05) is 24.4 Å². The summed E-state index contributed by atoms with van der Waals surface area (Å²) in [5.74, 6) is 0.412. The Bertz CT molecular complexity index is 468. The molecular weight excluding hydrogens is 234 g/mol. The molecule has 1 unspecified atom stereocenters. The molecule has 1 aromatic rings. The third-order valence-electron chi connectivity index (χ3n) is 2.49. The van der Waals surface area contributed by atoms with Crippen LogP contribution in [0.4, 0.5) is 5.82 Å². The van der Waals surface area contributed by atoms with Crippen molar-refractivity contribution in [3.63, 3.8) is 0 Å². The van der Waals surface area contributed by atoms with Gasteiger partial charge in [0.25, 0.3) is 5.56 Å². The largest absolute Gasteiger partial charge is 0.481 e. The number of hydrogen-bond acceptors (Lipinski definition) is 4. The van der Waals surface area contributed by atoms with E-state index in [1.54, 1.807) is 0 Å². The molecule has 1 aromatic heterocycles. The van der Waals surface area contributed by atoms with Crippen LogP contribution in [0.2, 0.25) is 0 Å². The molecule has 6 heteroatoms. The van der Waals surface area contributed by atoms with Crippen LogP contribution in [0.1, 0.15) is 45.4 Å². The van der Waals surface area contributed by atoms with Gasteiger partial charge in [0.2, 0.25) is 0 Å². The van der Waals surface area contributed by atoms with Crippen molar-refractivity contribution >= 4 is 11.8 Å². The SMILES string of the molecule is CC(CCC(=O)O)Nc1cc(=O)[nH]c(C(C)C)n1. The second-order valence-corrected chi connectivity index (χ2v) is 4.65. The van der Waals surface area contributed by atoms with Crippen LogP contribution in [-0.4, -0.2) is 27.1 Å². The maximum atomic E-state index is 11.4. The number of aromatic nitrogens is 2. The molecule has 0 amide bonds. The standard InChI is InChI=1S/C12H19N3O3/c1-7(2)12-14-9(6-10(16)15-12)13-8(3)4-5-11(17)18/h6-8H,4-5H2,1-3H3,(H,17,18)(H2,13,14,15,16). The molecule has 0 aromatic carbocycles. The van der Waals surface area contributed by atoms with Crippen molar-refractivity contribution in [3.05, 3.63) is 22.2 Å². The second kappa shape index (κ2) is 6.18. The summed E-state index contributed by atoms with van der Waals surface area (Å²) in [6, 6.07) is 1.33. The van der Waals surface area contributed by atoms with Crippen molar-refractivity contribution in [2.75, 3.05) is 5.32 Å². The third-order valence-corrected chi connectivity index (χ3v) is 2.49. The number of rotatable bonds is 6. The number of aliphatic carboxylic acids is 1. The van der Waals surface area contributed by atoms with E-state index in [0.29, 0.717) is 18.1 Å². The van der Waals surface area contributed by atoms with Gasteiger partial charge in [-0.2, -0.15) is 0 Å². The number of hydrogen-bond donors (Lipinski definition) is 3. The first-order valence-electron chi connectivity index (χ1n) is 5.98. The highest BCUT2D eigenvalue weighted by Crippen LogP contribution is 2.11. The Morgan fingerprint density at radius 1 is 1.50 bits per heavy atom. The number of anilines is 1. The van der Waals surface area contributed by atoms with E-state index in [4.69, 9.17) is 5.11 Å². The van der Waals surface area contributed by atoms with Crippen LogP contribution in [0.15, 0.2) is 10.9 Å². The maximum absolute atomic E-state index is 11.4. The van der Waals surface area contributed by atoms with E-state index >= 15 is 0 Å². The highest BCUT2D eigenvalue weighted by molar-refractivity contribution is 5.66. The Kier molecular flexibility index (Phi) is 4.88. The van der Waals surface area contributed by atoms with E-state index < -0.39 is 5.97 Å². The predicted octanol–water partition coefficient (Wildman–Crippen LogP) is 1.56. The van der Waals surface area contributed by atoms with Crippen LogP contribution in [0.25, 0.3) is 0 Å². The van der Waals surface area contributed by atoms with Crippen LogP contribution in [0.3, 0.4) is 0 Å². The summed E-state index contributed by atoms with van der Waals surface area (Å²) in [5, 5.41) is 11.6. The van der Waals surface area contributed by atoms with Crippen LogP contribution < -0.4 is 10.9 Å². The molecule has 0 aliphatic rings. The minimum absolute atomic E-state index is 0.0459. The van der Waals surface area contributed by atoms with Gasteiger partial charge in [-0.15, -0.1) is 0 Å². The van der Waals surface area contributed by atoms with Crippen molar-refractivity contribution in [1.82, 2.24) is 9.97 Å². The number of carbonyl (C=O) groups is 1. The molecule has 6 nitrogen and oxygen atoms in total. The summed E-state index contributed by atoms with van der Waals surface area (Å²) in [4.78, 5) is 28.8. The van der Waals surface area contributed by atoms with E-state index in [9.17, 15) is 9.59 Å². The van der Waals surface area contributed by atoms with Gasteiger partial charge >= 0.3 is 5.97 Å². The van der Waals surface area contributed by atoms with Gasteiger partial charge in [0.15, 0.2) is 0 Å². The van der Waals surface area contributed by atoms with Gasteiger partial charge in [-0.05, 0) is 13.3 Å². The van der Waals surface area contributed by atoms with Gasteiger partial charge in [-0.1, -0.05) is 13.8 Å². The molecule has 0 fully saturated rings. The fourth-order valence-corrected chi connectivity index (χ4v) is 1.49. The van der Waals surface area contributed by atoms with Gasteiger partial charge in [-0.3, -0.25) is 9.59 Å². The smallest absolute Gasteiger partial charge is 0.303 e. The number of aromatic amines is 1. The Hall–Kier alpha value is -1.85. The molecule has 0 aliphatic heterocycles. The molecule has 1 rings (SSSR count). The van der Waals surface area contributed by atoms with Crippen LogP contribution in [0.5, 0.6) is 0 Å². The summed E-state index contributed by atoms with van der Waals surface area (Å²) in [7, 11) is 0. The van der Waals surface area contributed by atoms with E-state index in [1.165, 1.54) is 6.07 Å². The van der Waals surface area contributed by atoms with Crippen LogP contribution in [0, 0.1) is 0 Å². The van der Waals surface area contributed by atoms with Crippen molar-refractivity contribution < 1.29 is 9.90 Å². The molecular formula is C12H19N3O3. The van der Waals surface area contributed by atoms with Crippen molar-refractivity contribution in [1.29, 1.82) is 0 Å². The Balaban J connectivity index is 2.72. The molecule has 18 heavy (non-hydrogen) atoms. The third kappa shape index (κ3) is 4.57. The van der Waals surface area contributed by atoms with Gasteiger partial charge in [-0.25, -0.2) is 4.98 Å². The summed E-state index contributed by atoms with van der Waals surface area (Å²) in [5.41, 5.74) is -0.207. The first-order chi connectivity index (χ1) is 8.38. The normalized spacial score (nSPS) is 12.4. The van der Waals surface area contributed by atoms with E-state index in [1.807, 2.05) is 20.8 Å². The maximum Gasteiger partial charge on any atom is 0.303 e. The van der Waals surface area contributed by atoms with Gasteiger partial charge in [0.05, 0.1) is 0 Å². The number of nitrogens with one attached hydrogen (secondary N) is 2. The van der Waals surface area contributed by atoms with Crippen molar-refractivity contribution in [2.24, 2.45) is 0 Å². The second-order valence-electron chi connectivity index (χ2n) is 4.65. The average Bonchev–Trinajstić information content (AvgIpc) is 2.25. The fraction of sp³-hybridized carbons (Fsp3) is 0.583. The van der Waals surface area contributed by atoms with Crippen molar-refractivity contribution in [3.8, 4) is 0 Å². The Morgan fingerprint density at radius 3 is 2.72 bits per heavy atom. The molecule has 0 saturated carbocycles. The van der Waals surface area contributed by atoms with E-state index in [2.05, 4.69) is 15.3 Å². The summed E-state index contributed by atoms with van der Waals surface area (Å²) < 4.78 is 0. The zero-order valence-corrected chi connectivity index (χ0v) is 10.9. The fourth-order valence-electron chi connectivity index (χ4n) is 1.49. The topological polar surface area (TPSA) is 95.1 Å². The minimum atomic E-state index is -0.828. The van der Waals surface area contributed by atoms with Crippen LogP contribution >= 0.6 is 0 Å². The number of carboxylic acid groups (broad SMARTS) is 1. The Labute approximate surface area is 105 Å². The van der Waals surface area contributed by atoms with E-state index in [0.717, 1.165) is 0 Å². The molecule has 0 spiro atoms. The number of nitrogens with zero attached hydrogens (tertiary/aromatic N) is 1. The molecule has 3 N–H and O–H groups in total. The molecule has 1 atom stereocenters. The van der Waals surface area contributed by atoms with Crippen molar-refractivity contribution in [2.45, 2.75) is 45.6 Å². The lowest BCUT2D eigenvalue weighted by atomic mass is 10.2. The molecule has 1 heterocycles. The zero-order valence-electron chi connectivity index (χ0n) is 10.9. The molecule has 100 valence electrons. The highest BCUT2D eigenvalue weighted by atomic mass is 16.4. The number of H-pyrrole nitrogens is 1. The van der Waals surface area contributed by atoms with E-state index in [-0.39, 0.29) is 23.9 Å². The van der Waals surface area contributed by atoms with Gasteiger partial charge in [0.1, 0.15) is 11.6 Å². The lowest BCUT2D eigenvalue weighted by Gasteiger charge is -2.14. The summed E-state index contributed by atoms with van der Waals surface area (Å²) in [6.07, 6.45) is 0.579. The summed E-state index contributed by atoms with van der Waals surface area (Å²) in [6.45, 7) is 5.74. The monoisotopic (exact) mass is 253 g/mol. The molecule has 0 radical (unpaired) electrons. The Morgan fingerprint density at radius 2 is 2.17 bits per heavy atom. The average molecular weight is 253 g/mol. The lowest BCUT2D eigenvalue weighted by molar-refractivity contribution is -0.137. The molecule has 0 aliphatic carbocycles. The highest BCUT2D eigenvalue weighted by Gasteiger charge is 2.09. The first kappa shape index (κ1) is 14.2. The molecule has 0 saturated heterocycles. The lowest BCUT2D eigenvalue weighted by Crippen LogP contribution is -2.21. The first-order valence-corrected chi connectivity index (χ1v) is 5.98.